The Balaban J connectivity index is 1.90. The van der Waals surface area contributed by atoms with Crippen LogP contribution in [0.3, 0.4) is 0 Å². The van der Waals surface area contributed by atoms with Crippen molar-refractivity contribution < 1.29 is 9.13 Å². The molecule has 0 heterocycles. The third kappa shape index (κ3) is 4.21. The number of rotatable bonds is 6. The monoisotopic (exact) mass is 303 g/mol. The number of ether oxygens (including phenoxy) is 1. The average molecular weight is 304 g/mol. The van der Waals surface area contributed by atoms with Gasteiger partial charge in [-0.3, -0.25) is 0 Å². The van der Waals surface area contributed by atoms with Crippen molar-refractivity contribution >= 4 is 11.6 Å². The van der Waals surface area contributed by atoms with Crippen LogP contribution in [0.15, 0.2) is 48.5 Å². The highest BCUT2D eigenvalue weighted by molar-refractivity contribution is 6.31. The predicted octanol–water partition coefficient (Wildman–Crippen LogP) is 4.95. The van der Waals surface area contributed by atoms with Gasteiger partial charge in [-0.15, -0.1) is 0 Å². The van der Waals surface area contributed by atoms with E-state index in [0.29, 0.717) is 24.5 Å². The van der Waals surface area contributed by atoms with Gasteiger partial charge in [0.05, 0.1) is 18.6 Å². The molecule has 108 valence electrons. The van der Waals surface area contributed by atoms with Gasteiger partial charge in [-0.05, 0) is 37.1 Å². The Morgan fingerprint density at radius 2 is 1.90 bits per heavy atom. The van der Waals surface area contributed by atoms with E-state index in [9.17, 15) is 9.65 Å². The standard InChI is InChI=1S/C17H15ClFNO/c18-15-9-4-10-16(19)17(15)13(12-20)6-5-11-21-14-7-2-1-3-8-14/h1-4,7-10,13H,5-6,11H2. The smallest absolute Gasteiger partial charge is 0.129 e. The molecule has 0 aliphatic carbocycles. The maximum atomic E-state index is 13.8. The van der Waals surface area contributed by atoms with Gasteiger partial charge in [0.25, 0.3) is 0 Å². The van der Waals surface area contributed by atoms with E-state index in [0.717, 1.165) is 5.75 Å². The van der Waals surface area contributed by atoms with E-state index in [2.05, 4.69) is 6.07 Å². The minimum Gasteiger partial charge on any atom is -0.494 e. The number of benzene rings is 2. The van der Waals surface area contributed by atoms with Crippen molar-refractivity contribution in [3.05, 3.63) is 64.9 Å². The van der Waals surface area contributed by atoms with Gasteiger partial charge in [-0.2, -0.15) is 5.26 Å². The van der Waals surface area contributed by atoms with Crippen LogP contribution in [0.5, 0.6) is 5.75 Å². The summed E-state index contributed by atoms with van der Waals surface area (Å²) < 4.78 is 19.4. The Morgan fingerprint density at radius 1 is 1.14 bits per heavy atom. The fourth-order valence-electron chi connectivity index (χ4n) is 2.11. The Labute approximate surface area is 128 Å². The number of nitriles is 1. The molecule has 21 heavy (non-hydrogen) atoms. The van der Waals surface area contributed by atoms with E-state index in [4.69, 9.17) is 16.3 Å². The van der Waals surface area contributed by atoms with Gasteiger partial charge in [0.2, 0.25) is 0 Å². The zero-order valence-corrected chi connectivity index (χ0v) is 12.2. The Bertz CT molecular complexity index is 604. The van der Waals surface area contributed by atoms with Gasteiger partial charge in [-0.1, -0.05) is 35.9 Å². The van der Waals surface area contributed by atoms with Crippen molar-refractivity contribution in [1.29, 1.82) is 5.26 Å². The second kappa shape index (κ2) is 7.66. The van der Waals surface area contributed by atoms with Gasteiger partial charge in [-0.25, -0.2) is 4.39 Å². The van der Waals surface area contributed by atoms with Gasteiger partial charge < -0.3 is 4.74 Å². The number of hydrogen-bond acceptors (Lipinski definition) is 2. The molecule has 0 saturated heterocycles. The topological polar surface area (TPSA) is 33.0 Å². The van der Waals surface area contributed by atoms with E-state index in [-0.39, 0.29) is 5.56 Å². The van der Waals surface area contributed by atoms with E-state index in [1.54, 1.807) is 6.07 Å². The normalized spacial score (nSPS) is 11.7. The molecule has 2 aromatic rings. The number of hydrogen-bond donors (Lipinski definition) is 0. The van der Waals surface area contributed by atoms with Crippen molar-refractivity contribution in [2.75, 3.05) is 6.61 Å². The van der Waals surface area contributed by atoms with Crippen LogP contribution in [0.1, 0.15) is 24.3 Å². The van der Waals surface area contributed by atoms with E-state index < -0.39 is 11.7 Å². The lowest BCUT2D eigenvalue weighted by Gasteiger charge is -2.12. The molecule has 0 N–H and O–H groups in total. The lowest BCUT2D eigenvalue weighted by molar-refractivity contribution is 0.304. The summed E-state index contributed by atoms with van der Waals surface area (Å²) in [6.45, 7) is 0.480. The fraction of sp³-hybridized carbons (Fsp3) is 0.235. The second-order valence-corrected chi connectivity index (χ2v) is 5.03. The Hall–Kier alpha value is -2.05. The molecule has 1 atom stereocenters. The molecule has 1 unspecified atom stereocenters. The molecule has 0 aliphatic rings. The van der Waals surface area contributed by atoms with Crippen molar-refractivity contribution in [2.45, 2.75) is 18.8 Å². The first kappa shape index (κ1) is 15.3. The SMILES string of the molecule is N#CC(CCCOc1ccccc1)c1c(F)cccc1Cl. The van der Waals surface area contributed by atoms with Gasteiger partial charge in [0.15, 0.2) is 0 Å². The second-order valence-electron chi connectivity index (χ2n) is 4.62. The van der Waals surface area contributed by atoms with Crippen molar-refractivity contribution in [2.24, 2.45) is 0 Å². The Morgan fingerprint density at radius 3 is 2.57 bits per heavy atom. The first-order valence-corrected chi connectivity index (χ1v) is 7.11. The summed E-state index contributed by atoms with van der Waals surface area (Å²) in [4.78, 5) is 0. The van der Waals surface area contributed by atoms with Crippen LogP contribution in [-0.2, 0) is 0 Å². The zero-order chi connectivity index (χ0) is 15.1. The molecule has 2 rings (SSSR count). The molecular weight excluding hydrogens is 289 g/mol. The van der Waals surface area contributed by atoms with Crippen LogP contribution in [0.4, 0.5) is 4.39 Å². The molecule has 4 heteroatoms. The lowest BCUT2D eigenvalue weighted by Crippen LogP contribution is -2.04. The van der Waals surface area contributed by atoms with Crippen LogP contribution < -0.4 is 4.74 Å². The highest BCUT2D eigenvalue weighted by Gasteiger charge is 2.18. The zero-order valence-electron chi connectivity index (χ0n) is 11.4. The molecule has 0 saturated carbocycles. The molecule has 0 aliphatic heterocycles. The van der Waals surface area contributed by atoms with E-state index in [1.807, 2.05) is 30.3 Å². The van der Waals surface area contributed by atoms with Crippen LogP contribution in [-0.4, -0.2) is 6.61 Å². The summed E-state index contributed by atoms with van der Waals surface area (Å²) in [5, 5.41) is 9.53. The highest BCUT2D eigenvalue weighted by Crippen LogP contribution is 2.30. The lowest BCUT2D eigenvalue weighted by atomic mass is 9.95. The summed E-state index contributed by atoms with van der Waals surface area (Å²) in [6, 6.07) is 16.0. The average Bonchev–Trinajstić information content (AvgIpc) is 2.50. The quantitative estimate of drug-likeness (QED) is 0.708. The molecule has 0 spiro atoms. The van der Waals surface area contributed by atoms with Crippen molar-refractivity contribution in [3.8, 4) is 11.8 Å². The van der Waals surface area contributed by atoms with Crippen LogP contribution >= 0.6 is 11.6 Å². The van der Waals surface area contributed by atoms with E-state index >= 15 is 0 Å². The van der Waals surface area contributed by atoms with Crippen LogP contribution in [0, 0.1) is 17.1 Å². The highest BCUT2D eigenvalue weighted by atomic mass is 35.5. The fourth-order valence-corrected chi connectivity index (χ4v) is 2.41. The molecule has 0 amide bonds. The molecule has 2 aromatic carbocycles. The summed E-state index contributed by atoms with van der Waals surface area (Å²) in [7, 11) is 0. The van der Waals surface area contributed by atoms with Gasteiger partial charge >= 0.3 is 0 Å². The number of para-hydroxylation sites is 1. The van der Waals surface area contributed by atoms with Gasteiger partial charge in [0, 0.05) is 10.6 Å². The number of halogens is 2. The summed E-state index contributed by atoms with van der Waals surface area (Å²) in [6.07, 6.45) is 1.15. The molecule has 0 fully saturated rings. The molecule has 0 aromatic heterocycles. The third-order valence-electron chi connectivity index (χ3n) is 3.15. The largest absolute Gasteiger partial charge is 0.494 e. The Kier molecular flexibility index (Phi) is 5.59. The van der Waals surface area contributed by atoms with E-state index in [1.165, 1.54) is 12.1 Å². The van der Waals surface area contributed by atoms with Crippen molar-refractivity contribution in [3.63, 3.8) is 0 Å². The first-order valence-electron chi connectivity index (χ1n) is 6.73. The molecular formula is C17H15ClFNO. The maximum Gasteiger partial charge on any atom is 0.129 e. The minimum atomic E-state index is -0.557. The predicted molar refractivity (Wildman–Crippen MR) is 80.9 cm³/mol. The molecule has 0 bridgehead atoms. The van der Waals surface area contributed by atoms with Crippen LogP contribution in [0.25, 0.3) is 0 Å². The first-order chi connectivity index (χ1) is 10.2. The molecule has 2 nitrogen and oxygen atoms in total. The number of nitrogens with zero attached hydrogens (tertiary/aromatic N) is 1. The van der Waals surface area contributed by atoms with Crippen molar-refractivity contribution in [1.82, 2.24) is 0 Å². The van der Waals surface area contributed by atoms with Gasteiger partial charge in [0.1, 0.15) is 11.6 Å². The van der Waals surface area contributed by atoms with Crippen LogP contribution in [0.2, 0.25) is 5.02 Å². The minimum absolute atomic E-state index is 0.279. The summed E-state index contributed by atoms with van der Waals surface area (Å²) in [5.41, 5.74) is 0.279. The third-order valence-corrected chi connectivity index (χ3v) is 3.48. The summed E-state index contributed by atoms with van der Waals surface area (Å²) >= 11 is 5.99. The maximum absolute atomic E-state index is 13.8. The molecule has 0 radical (unpaired) electrons. The summed E-state index contributed by atoms with van der Waals surface area (Å²) in [5.74, 6) is -0.203.